The number of benzene rings is 2. The highest BCUT2D eigenvalue weighted by Crippen LogP contribution is 2.15. The molecule has 0 saturated heterocycles. The Morgan fingerprint density at radius 1 is 1.14 bits per heavy atom. The first kappa shape index (κ1) is 15.5. The third-order valence-electron chi connectivity index (χ3n) is 3.14. The Kier molecular flexibility index (Phi) is 5.11. The molecule has 3 nitrogen and oxygen atoms in total. The molecule has 0 saturated carbocycles. The van der Waals surface area contributed by atoms with E-state index in [1.54, 1.807) is 36.4 Å². The van der Waals surface area contributed by atoms with Gasteiger partial charge in [0.1, 0.15) is 6.07 Å². The summed E-state index contributed by atoms with van der Waals surface area (Å²) in [5.74, 6) is 0.271. The van der Waals surface area contributed by atoms with E-state index in [2.05, 4.69) is 31.3 Å². The average Bonchev–Trinajstić information content (AvgIpc) is 2.54. The maximum atomic E-state index is 12.2. The summed E-state index contributed by atoms with van der Waals surface area (Å²) in [6.07, 6.45) is 4.15. The predicted molar refractivity (Wildman–Crippen MR) is 89.4 cm³/mol. The molecule has 0 spiro atoms. The molecule has 0 atom stereocenters. The summed E-state index contributed by atoms with van der Waals surface area (Å²) in [4.78, 5) is 12.2. The van der Waals surface area contributed by atoms with Crippen molar-refractivity contribution in [2.24, 2.45) is 5.92 Å². The van der Waals surface area contributed by atoms with Crippen molar-refractivity contribution >= 4 is 17.7 Å². The Hall–Kier alpha value is -2.86. The van der Waals surface area contributed by atoms with Gasteiger partial charge in [0.05, 0.1) is 11.3 Å². The number of carbonyl (C=O) groups is 1. The highest BCUT2D eigenvalue weighted by Gasteiger charge is 2.08. The molecule has 0 aliphatic carbocycles. The van der Waals surface area contributed by atoms with Crippen molar-refractivity contribution in [2.45, 2.75) is 13.8 Å². The molecule has 0 aliphatic heterocycles. The van der Waals surface area contributed by atoms with Gasteiger partial charge in [-0.25, -0.2) is 0 Å². The lowest BCUT2D eigenvalue weighted by Gasteiger charge is -2.07. The predicted octanol–water partition coefficient (Wildman–Crippen LogP) is 4.48. The van der Waals surface area contributed by atoms with Crippen LogP contribution in [0.2, 0.25) is 0 Å². The Morgan fingerprint density at radius 3 is 2.45 bits per heavy atom. The SMILES string of the molecule is CC(C)/C=C/c1ccc(C(=O)Nc2ccccc2C#N)cc1. The molecule has 2 aromatic rings. The minimum Gasteiger partial charge on any atom is -0.321 e. The first-order valence-corrected chi connectivity index (χ1v) is 7.19. The second kappa shape index (κ2) is 7.24. The monoisotopic (exact) mass is 290 g/mol. The van der Waals surface area contributed by atoms with Crippen LogP contribution in [0.4, 0.5) is 5.69 Å². The molecule has 110 valence electrons. The van der Waals surface area contributed by atoms with E-state index in [1.807, 2.05) is 18.2 Å². The molecule has 1 amide bonds. The Balaban J connectivity index is 2.12. The summed E-state index contributed by atoms with van der Waals surface area (Å²) in [5.41, 5.74) is 2.60. The van der Waals surface area contributed by atoms with Crippen LogP contribution < -0.4 is 5.32 Å². The van der Waals surface area contributed by atoms with Crippen LogP contribution >= 0.6 is 0 Å². The van der Waals surface area contributed by atoms with Gasteiger partial charge in [-0.1, -0.05) is 50.3 Å². The number of para-hydroxylation sites is 1. The summed E-state index contributed by atoms with van der Waals surface area (Å²) in [6, 6.07) is 16.4. The van der Waals surface area contributed by atoms with Crippen LogP contribution in [0.25, 0.3) is 6.08 Å². The maximum Gasteiger partial charge on any atom is 0.255 e. The number of nitriles is 1. The number of rotatable bonds is 4. The highest BCUT2D eigenvalue weighted by atomic mass is 16.1. The van der Waals surface area contributed by atoms with Crippen LogP contribution in [0.5, 0.6) is 0 Å². The number of nitrogens with one attached hydrogen (secondary N) is 1. The summed E-state index contributed by atoms with van der Waals surface area (Å²) in [5, 5.41) is 11.8. The molecular formula is C19H18N2O. The molecule has 0 unspecified atom stereocenters. The quantitative estimate of drug-likeness (QED) is 0.902. The van der Waals surface area contributed by atoms with E-state index in [0.29, 0.717) is 22.7 Å². The van der Waals surface area contributed by atoms with Crippen molar-refractivity contribution in [1.82, 2.24) is 0 Å². The first-order valence-electron chi connectivity index (χ1n) is 7.19. The lowest BCUT2D eigenvalue weighted by Crippen LogP contribution is -2.12. The molecule has 0 radical (unpaired) electrons. The molecule has 3 heteroatoms. The van der Waals surface area contributed by atoms with E-state index in [4.69, 9.17) is 5.26 Å². The molecule has 0 heterocycles. The van der Waals surface area contributed by atoms with Gasteiger partial charge < -0.3 is 5.32 Å². The molecule has 2 rings (SSSR count). The van der Waals surface area contributed by atoms with Gasteiger partial charge in [-0.15, -0.1) is 0 Å². The lowest BCUT2D eigenvalue weighted by atomic mass is 10.1. The molecule has 0 fully saturated rings. The molecule has 22 heavy (non-hydrogen) atoms. The maximum absolute atomic E-state index is 12.2. The third-order valence-corrected chi connectivity index (χ3v) is 3.14. The van der Waals surface area contributed by atoms with Gasteiger partial charge in [0.15, 0.2) is 0 Å². The number of hydrogen-bond donors (Lipinski definition) is 1. The Morgan fingerprint density at radius 2 is 1.82 bits per heavy atom. The summed E-state index contributed by atoms with van der Waals surface area (Å²) in [7, 11) is 0. The van der Waals surface area contributed by atoms with Crippen LogP contribution in [0, 0.1) is 17.2 Å². The van der Waals surface area contributed by atoms with Crippen LogP contribution in [0.1, 0.15) is 35.3 Å². The van der Waals surface area contributed by atoms with Crippen molar-refractivity contribution < 1.29 is 4.79 Å². The van der Waals surface area contributed by atoms with Gasteiger partial charge in [-0.2, -0.15) is 5.26 Å². The number of allylic oxidation sites excluding steroid dienone is 1. The van der Waals surface area contributed by atoms with Gasteiger partial charge in [0.25, 0.3) is 5.91 Å². The van der Waals surface area contributed by atoms with E-state index < -0.39 is 0 Å². The van der Waals surface area contributed by atoms with E-state index in [0.717, 1.165) is 5.56 Å². The van der Waals surface area contributed by atoms with Crippen molar-refractivity contribution in [1.29, 1.82) is 5.26 Å². The third kappa shape index (κ3) is 4.07. The van der Waals surface area contributed by atoms with E-state index in [1.165, 1.54) is 0 Å². The zero-order chi connectivity index (χ0) is 15.9. The average molecular weight is 290 g/mol. The Bertz CT molecular complexity index is 722. The lowest BCUT2D eigenvalue weighted by molar-refractivity contribution is 0.102. The Labute approximate surface area is 130 Å². The summed E-state index contributed by atoms with van der Waals surface area (Å²) < 4.78 is 0. The van der Waals surface area contributed by atoms with Gasteiger partial charge in [0.2, 0.25) is 0 Å². The largest absolute Gasteiger partial charge is 0.321 e. The standard InChI is InChI=1S/C19H18N2O/c1-14(2)7-8-15-9-11-16(12-10-15)19(22)21-18-6-4-3-5-17(18)13-20/h3-12,14H,1-2H3,(H,21,22)/b8-7+. The van der Waals surface area contributed by atoms with Gasteiger partial charge in [-0.05, 0) is 35.7 Å². The fraction of sp³-hybridized carbons (Fsp3) is 0.158. The number of carbonyl (C=O) groups excluding carboxylic acids is 1. The highest BCUT2D eigenvalue weighted by molar-refractivity contribution is 6.05. The van der Waals surface area contributed by atoms with Crippen LogP contribution in [0.15, 0.2) is 54.6 Å². The molecule has 0 aromatic heterocycles. The molecule has 0 aliphatic rings. The smallest absolute Gasteiger partial charge is 0.255 e. The number of amides is 1. The molecular weight excluding hydrogens is 272 g/mol. The molecule has 1 N–H and O–H groups in total. The van der Waals surface area contributed by atoms with Crippen LogP contribution in [-0.4, -0.2) is 5.91 Å². The number of nitrogens with zero attached hydrogens (tertiary/aromatic N) is 1. The zero-order valence-corrected chi connectivity index (χ0v) is 12.7. The summed E-state index contributed by atoms with van der Waals surface area (Å²) >= 11 is 0. The van der Waals surface area contributed by atoms with Gasteiger partial charge in [0, 0.05) is 5.56 Å². The van der Waals surface area contributed by atoms with Gasteiger partial charge in [-0.3, -0.25) is 4.79 Å². The normalized spacial score (nSPS) is 10.6. The summed E-state index contributed by atoms with van der Waals surface area (Å²) in [6.45, 7) is 4.23. The van der Waals surface area contributed by atoms with Crippen molar-refractivity contribution in [3.8, 4) is 6.07 Å². The van der Waals surface area contributed by atoms with Crippen LogP contribution in [-0.2, 0) is 0 Å². The zero-order valence-electron chi connectivity index (χ0n) is 12.7. The molecule has 2 aromatic carbocycles. The number of hydrogen-bond acceptors (Lipinski definition) is 2. The minimum absolute atomic E-state index is 0.220. The first-order chi connectivity index (χ1) is 10.6. The second-order valence-corrected chi connectivity index (χ2v) is 5.34. The van der Waals surface area contributed by atoms with E-state index in [-0.39, 0.29) is 5.91 Å². The van der Waals surface area contributed by atoms with Gasteiger partial charge >= 0.3 is 0 Å². The molecule has 0 bridgehead atoms. The fourth-order valence-electron chi connectivity index (χ4n) is 1.93. The van der Waals surface area contributed by atoms with Crippen molar-refractivity contribution in [3.05, 3.63) is 71.3 Å². The topological polar surface area (TPSA) is 52.9 Å². The van der Waals surface area contributed by atoms with E-state index in [9.17, 15) is 4.79 Å². The number of anilines is 1. The second-order valence-electron chi connectivity index (χ2n) is 5.34. The fourth-order valence-corrected chi connectivity index (χ4v) is 1.93. The van der Waals surface area contributed by atoms with Crippen molar-refractivity contribution in [3.63, 3.8) is 0 Å². The van der Waals surface area contributed by atoms with Crippen LogP contribution in [0.3, 0.4) is 0 Å². The van der Waals surface area contributed by atoms with Crippen molar-refractivity contribution in [2.75, 3.05) is 5.32 Å². The minimum atomic E-state index is -0.220. The van der Waals surface area contributed by atoms with E-state index >= 15 is 0 Å².